The molecule has 5 rings (SSSR count). The molecule has 3 unspecified atom stereocenters. The summed E-state index contributed by atoms with van der Waals surface area (Å²) in [5.41, 5.74) is 0.362. The van der Waals surface area contributed by atoms with E-state index in [2.05, 4.69) is 19.9 Å². The number of nitrogens with zero attached hydrogens (tertiary/aromatic N) is 1. The van der Waals surface area contributed by atoms with Crippen LogP contribution in [0.2, 0.25) is 0 Å². The number of ketones is 1. The number of halogens is 3. The maximum absolute atomic E-state index is 13.7. The van der Waals surface area contributed by atoms with Gasteiger partial charge in [0.15, 0.2) is 0 Å². The van der Waals surface area contributed by atoms with Gasteiger partial charge >= 0.3 is 6.18 Å². The van der Waals surface area contributed by atoms with Crippen molar-refractivity contribution in [2.45, 2.75) is 71.4 Å². The number of amides is 1. The van der Waals surface area contributed by atoms with E-state index < -0.39 is 11.7 Å². The molecule has 4 aliphatic rings. The first-order valence-corrected chi connectivity index (χ1v) is 12.6. The number of fused-ring (bicyclic) bond motifs is 5. The minimum atomic E-state index is -4.51. The predicted molar refractivity (Wildman–Crippen MR) is 125 cm³/mol. The molecule has 1 aromatic rings. The second kappa shape index (κ2) is 7.96. The summed E-state index contributed by atoms with van der Waals surface area (Å²) >= 11 is 0. The van der Waals surface area contributed by atoms with Crippen LogP contribution in [0, 0.1) is 34.5 Å². The van der Waals surface area contributed by atoms with E-state index in [0.29, 0.717) is 36.4 Å². The SMILES string of the molecule is CN(C(=O)[C@H]1CCC2C3CC=C4CC(=O)CC[C@]4(C)C3CC[C@@]21C)c1ccccc1C(F)(F)F. The second-order valence-corrected chi connectivity index (χ2v) is 11.6. The van der Waals surface area contributed by atoms with Crippen molar-refractivity contribution in [1.82, 2.24) is 0 Å². The fourth-order valence-corrected chi connectivity index (χ4v) is 8.24. The van der Waals surface area contributed by atoms with Crippen LogP contribution < -0.4 is 4.90 Å². The summed E-state index contributed by atoms with van der Waals surface area (Å²) in [6, 6.07) is 5.36. The Bertz CT molecular complexity index is 1050. The van der Waals surface area contributed by atoms with Crippen molar-refractivity contribution in [1.29, 1.82) is 0 Å². The topological polar surface area (TPSA) is 37.4 Å². The molecule has 6 atom stereocenters. The van der Waals surface area contributed by atoms with Gasteiger partial charge in [0.2, 0.25) is 5.91 Å². The molecule has 1 amide bonds. The lowest BCUT2D eigenvalue weighted by Crippen LogP contribution is -2.51. The molecule has 0 aromatic heterocycles. The van der Waals surface area contributed by atoms with Gasteiger partial charge < -0.3 is 4.90 Å². The lowest BCUT2D eigenvalue weighted by molar-refractivity contribution is -0.137. The average molecular weight is 474 g/mol. The molecule has 0 heterocycles. The zero-order valence-electron chi connectivity index (χ0n) is 20.3. The van der Waals surface area contributed by atoms with Gasteiger partial charge in [-0.05, 0) is 79.2 Å². The van der Waals surface area contributed by atoms with Gasteiger partial charge in [0, 0.05) is 25.8 Å². The average Bonchev–Trinajstić information content (AvgIpc) is 3.15. The van der Waals surface area contributed by atoms with Crippen molar-refractivity contribution in [3.8, 4) is 0 Å². The Hall–Kier alpha value is -2.11. The van der Waals surface area contributed by atoms with E-state index >= 15 is 0 Å². The number of anilines is 1. The Morgan fingerprint density at radius 2 is 1.79 bits per heavy atom. The molecule has 0 N–H and O–H groups in total. The van der Waals surface area contributed by atoms with Crippen LogP contribution in [0.1, 0.15) is 70.8 Å². The molecule has 3 nitrogen and oxygen atoms in total. The van der Waals surface area contributed by atoms with Crippen LogP contribution in [0.5, 0.6) is 0 Å². The number of Topliss-reactive ketones (excluding diaryl/α,β-unsaturated/α-hetero) is 1. The third-order valence-corrected chi connectivity index (χ3v) is 10.1. The number of rotatable bonds is 2. The summed E-state index contributed by atoms with van der Waals surface area (Å²) in [5, 5.41) is 0. The number of carbonyl (C=O) groups is 2. The third kappa shape index (κ3) is 3.46. The van der Waals surface area contributed by atoms with Crippen molar-refractivity contribution in [2.75, 3.05) is 11.9 Å². The zero-order chi connectivity index (χ0) is 24.5. The molecule has 3 saturated carbocycles. The van der Waals surface area contributed by atoms with Crippen LogP contribution in [0.25, 0.3) is 0 Å². The van der Waals surface area contributed by atoms with Crippen LogP contribution in [0.15, 0.2) is 35.9 Å². The molecule has 184 valence electrons. The molecule has 0 spiro atoms. The van der Waals surface area contributed by atoms with E-state index in [9.17, 15) is 22.8 Å². The molecule has 0 radical (unpaired) electrons. The van der Waals surface area contributed by atoms with Gasteiger partial charge in [-0.2, -0.15) is 13.2 Å². The molecule has 0 aliphatic heterocycles. The van der Waals surface area contributed by atoms with Gasteiger partial charge in [-0.15, -0.1) is 0 Å². The van der Waals surface area contributed by atoms with Gasteiger partial charge in [-0.3, -0.25) is 9.59 Å². The summed E-state index contributed by atoms with van der Waals surface area (Å²) in [6.45, 7) is 4.54. The molecule has 0 saturated heterocycles. The molecule has 34 heavy (non-hydrogen) atoms. The maximum Gasteiger partial charge on any atom is 0.418 e. The number of alkyl halides is 3. The molecule has 4 aliphatic carbocycles. The first-order chi connectivity index (χ1) is 16.0. The smallest absolute Gasteiger partial charge is 0.315 e. The zero-order valence-corrected chi connectivity index (χ0v) is 20.3. The highest BCUT2D eigenvalue weighted by molar-refractivity contribution is 5.96. The van der Waals surface area contributed by atoms with Gasteiger partial charge in [-0.1, -0.05) is 37.6 Å². The summed E-state index contributed by atoms with van der Waals surface area (Å²) in [4.78, 5) is 27.0. The minimum absolute atomic E-state index is 0.0645. The third-order valence-electron chi connectivity index (χ3n) is 10.1. The van der Waals surface area contributed by atoms with Crippen LogP contribution in [-0.2, 0) is 15.8 Å². The number of allylic oxidation sites excluding steroid dienone is 2. The summed E-state index contributed by atoms with van der Waals surface area (Å²) < 4.78 is 40.8. The van der Waals surface area contributed by atoms with Gasteiger partial charge in [-0.25, -0.2) is 0 Å². The standard InChI is InChI=1S/C28H34F3NO2/c1-26-14-12-18(33)16-17(26)8-9-19-20-10-11-23(27(20,2)15-13-21(19)26)25(34)32(3)24-7-5-4-6-22(24)28(29,30)31/h4-8,19-21,23H,9-16H2,1-3H3/t19?,20?,21?,23-,26+,27+/m1/s1. The molecular formula is C28H34F3NO2. The van der Waals surface area contributed by atoms with Gasteiger partial charge in [0.25, 0.3) is 0 Å². The lowest BCUT2D eigenvalue weighted by Gasteiger charge is -2.57. The predicted octanol–water partition coefficient (Wildman–Crippen LogP) is 6.82. The molecule has 0 bridgehead atoms. The fraction of sp³-hybridized carbons (Fsp3) is 0.643. The van der Waals surface area contributed by atoms with E-state index in [-0.39, 0.29) is 28.3 Å². The van der Waals surface area contributed by atoms with Crippen LogP contribution in [0.3, 0.4) is 0 Å². The summed E-state index contributed by atoms with van der Waals surface area (Å²) in [5.74, 6) is 1.27. The number of para-hydroxylation sites is 1. The monoisotopic (exact) mass is 473 g/mol. The second-order valence-electron chi connectivity index (χ2n) is 11.6. The minimum Gasteiger partial charge on any atom is -0.315 e. The van der Waals surface area contributed by atoms with Crippen LogP contribution in [-0.4, -0.2) is 18.7 Å². The van der Waals surface area contributed by atoms with Crippen LogP contribution >= 0.6 is 0 Å². The Balaban J connectivity index is 1.41. The molecule has 3 fully saturated rings. The quantitative estimate of drug-likeness (QED) is 0.442. The molecule has 6 heteroatoms. The Morgan fingerprint density at radius 1 is 1.06 bits per heavy atom. The Morgan fingerprint density at radius 3 is 2.53 bits per heavy atom. The highest BCUT2D eigenvalue weighted by Gasteiger charge is 2.60. The summed E-state index contributed by atoms with van der Waals surface area (Å²) in [6.07, 6.45) is 4.54. The Kier molecular flexibility index (Phi) is 5.53. The van der Waals surface area contributed by atoms with E-state index in [0.717, 1.165) is 44.6 Å². The first-order valence-electron chi connectivity index (χ1n) is 12.6. The molecule has 1 aromatic carbocycles. The highest BCUT2D eigenvalue weighted by Crippen LogP contribution is 2.66. The maximum atomic E-state index is 13.7. The van der Waals surface area contributed by atoms with E-state index in [1.54, 1.807) is 6.07 Å². The summed E-state index contributed by atoms with van der Waals surface area (Å²) in [7, 11) is 1.49. The van der Waals surface area contributed by atoms with Crippen molar-refractivity contribution in [2.24, 2.45) is 34.5 Å². The van der Waals surface area contributed by atoms with Gasteiger partial charge in [0.05, 0.1) is 11.3 Å². The van der Waals surface area contributed by atoms with Crippen molar-refractivity contribution >= 4 is 17.4 Å². The first kappa shape index (κ1) is 23.6. The van der Waals surface area contributed by atoms with Crippen molar-refractivity contribution in [3.63, 3.8) is 0 Å². The largest absolute Gasteiger partial charge is 0.418 e. The number of hydrogen-bond donors (Lipinski definition) is 0. The van der Waals surface area contributed by atoms with E-state index in [1.165, 1.54) is 29.7 Å². The molecular weight excluding hydrogens is 439 g/mol. The number of carbonyl (C=O) groups excluding carboxylic acids is 2. The number of benzene rings is 1. The van der Waals surface area contributed by atoms with E-state index in [4.69, 9.17) is 0 Å². The van der Waals surface area contributed by atoms with E-state index in [1.807, 2.05) is 0 Å². The highest BCUT2D eigenvalue weighted by atomic mass is 19.4. The Labute approximate surface area is 199 Å². The normalized spacial score (nSPS) is 37.4. The van der Waals surface area contributed by atoms with Crippen molar-refractivity contribution in [3.05, 3.63) is 41.5 Å². The lowest BCUT2D eigenvalue weighted by atomic mass is 9.47. The van der Waals surface area contributed by atoms with Crippen molar-refractivity contribution < 1.29 is 22.8 Å². The van der Waals surface area contributed by atoms with Gasteiger partial charge in [0.1, 0.15) is 5.78 Å². The number of hydrogen-bond acceptors (Lipinski definition) is 2. The fourth-order valence-electron chi connectivity index (χ4n) is 8.24. The van der Waals surface area contributed by atoms with Crippen LogP contribution in [0.4, 0.5) is 18.9 Å².